The Morgan fingerprint density at radius 1 is 1.10 bits per heavy atom. The van der Waals surface area contributed by atoms with Gasteiger partial charge in [-0.3, -0.25) is 0 Å². The summed E-state index contributed by atoms with van der Waals surface area (Å²) < 4.78 is 0. The number of nitrogens with one attached hydrogen (secondary N) is 1. The molecular formula is C19H24N2. The first-order valence-electron chi connectivity index (χ1n) is 7.88. The van der Waals surface area contributed by atoms with Crippen molar-refractivity contribution in [2.45, 2.75) is 26.3 Å². The normalized spacial score (nSPS) is 17.3. The molecule has 0 fully saturated rings. The Balaban J connectivity index is 1.80. The molecule has 0 aliphatic carbocycles. The molecule has 0 spiro atoms. The fourth-order valence-corrected chi connectivity index (χ4v) is 3.19. The molecular weight excluding hydrogens is 256 g/mol. The summed E-state index contributed by atoms with van der Waals surface area (Å²) in [5.74, 6) is 0.566. The second-order valence-corrected chi connectivity index (χ2v) is 5.90. The Kier molecular flexibility index (Phi) is 4.26. The molecule has 0 radical (unpaired) electrons. The van der Waals surface area contributed by atoms with Crippen LogP contribution >= 0.6 is 0 Å². The van der Waals surface area contributed by atoms with Gasteiger partial charge in [-0.2, -0.15) is 0 Å². The lowest BCUT2D eigenvalue weighted by Crippen LogP contribution is -2.36. The highest BCUT2D eigenvalue weighted by molar-refractivity contribution is 5.48. The zero-order valence-corrected chi connectivity index (χ0v) is 13.0. The number of hydrogen-bond donors (Lipinski definition) is 1. The van der Waals surface area contributed by atoms with Gasteiger partial charge in [0.25, 0.3) is 0 Å². The van der Waals surface area contributed by atoms with Crippen molar-refractivity contribution >= 4 is 5.69 Å². The Hall–Kier alpha value is -1.80. The third-order valence-electron chi connectivity index (χ3n) is 4.42. The fraction of sp³-hybridized carbons (Fsp3) is 0.368. The minimum Gasteiger partial charge on any atom is -0.371 e. The first kappa shape index (κ1) is 14.2. The Bertz CT molecular complexity index is 589. The Labute approximate surface area is 127 Å². The Morgan fingerprint density at radius 3 is 2.62 bits per heavy atom. The first-order chi connectivity index (χ1) is 10.3. The molecule has 2 heteroatoms. The minimum absolute atomic E-state index is 0.566. The summed E-state index contributed by atoms with van der Waals surface area (Å²) in [6.45, 7) is 8.57. The van der Waals surface area contributed by atoms with E-state index in [1.54, 1.807) is 0 Å². The maximum absolute atomic E-state index is 3.55. The number of nitrogens with zero attached hydrogens (tertiary/aromatic N) is 1. The molecule has 1 atom stereocenters. The molecule has 110 valence electrons. The van der Waals surface area contributed by atoms with Crippen molar-refractivity contribution in [1.29, 1.82) is 0 Å². The van der Waals surface area contributed by atoms with Crippen LogP contribution in [0.15, 0.2) is 48.5 Å². The average Bonchev–Trinajstić information content (AvgIpc) is 2.54. The van der Waals surface area contributed by atoms with Crippen LogP contribution in [0.2, 0.25) is 0 Å². The number of aryl methyl sites for hydroxylation is 1. The van der Waals surface area contributed by atoms with Gasteiger partial charge in [-0.25, -0.2) is 0 Å². The molecule has 2 nitrogen and oxygen atoms in total. The molecule has 0 bridgehead atoms. The summed E-state index contributed by atoms with van der Waals surface area (Å²) in [4.78, 5) is 2.48. The van der Waals surface area contributed by atoms with E-state index in [1.807, 2.05) is 0 Å². The van der Waals surface area contributed by atoms with Gasteiger partial charge in [-0.05, 0) is 37.1 Å². The third-order valence-corrected chi connectivity index (χ3v) is 4.42. The molecule has 2 aromatic carbocycles. The van der Waals surface area contributed by atoms with Gasteiger partial charge in [0.2, 0.25) is 0 Å². The van der Waals surface area contributed by atoms with Crippen molar-refractivity contribution in [3.63, 3.8) is 0 Å². The van der Waals surface area contributed by atoms with Crippen LogP contribution in [0.25, 0.3) is 0 Å². The molecule has 1 aliphatic heterocycles. The Morgan fingerprint density at radius 2 is 1.86 bits per heavy atom. The van der Waals surface area contributed by atoms with Crippen molar-refractivity contribution < 1.29 is 0 Å². The van der Waals surface area contributed by atoms with E-state index >= 15 is 0 Å². The fourth-order valence-electron chi connectivity index (χ4n) is 3.19. The highest BCUT2D eigenvalue weighted by Gasteiger charge is 2.21. The molecule has 0 amide bonds. The minimum atomic E-state index is 0.566. The van der Waals surface area contributed by atoms with Gasteiger partial charge >= 0.3 is 0 Å². The molecule has 21 heavy (non-hydrogen) atoms. The zero-order chi connectivity index (χ0) is 14.7. The molecule has 0 saturated heterocycles. The SMILES string of the molecule is CCN(CC1CNCc2ccccc21)c1ccc(C)cc1. The van der Waals surface area contributed by atoms with Crippen molar-refractivity contribution in [1.82, 2.24) is 5.32 Å². The van der Waals surface area contributed by atoms with Crippen LogP contribution in [0.5, 0.6) is 0 Å². The summed E-state index contributed by atoms with van der Waals surface area (Å²) in [5.41, 5.74) is 5.61. The lowest BCUT2D eigenvalue weighted by atomic mass is 9.90. The predicted octanol–water partition coefficient (Wildman–Crippen LogP) is 3.71. The van der Waals surface area contributed by atoms with Crippen molar-refractivity contribution in [3.05, 3.63) is 65.2 Å². The van der Waals surface area contributed by atoms with Gasteiger partial charge in [0.05, 0.1) is 0 Å². The smallest absolute Gasteiger partial charge is 0.0366 e. The van der Waals surface area contributed by atoms with Crippen LogP contribution in [0, 0.1) is 6.92 Å². The van der Waals surface area contributed by atoms with E-state index in [-0.39, 0.29) is 0 Å². The standard InChI is InChI=1S/C19H24N2/c1-3-21(18-10-8-15(2)9-11-18)14-17-13-20-12-16-6-4-5-7-19(16)17/h4-11,17,20H,3,12-14H2,1-2H3. The summed E-state index contributed by atoms with van der Waals surface area (Å²) in [6, 6.07) is 17.7. The largest absolute Gasteiger partial charge is 0.371 e. The van der Waals surface area contributed by atoms with E-state index in [0.29, 0.717) is 5.92 Å². The number of hydrogen-bond acceptors (Lipinski definition) is 2. The average molecular weight is 280 g/mol. The molecule has 0 saturated carbocycles. The lowest BCUT2D eigenvalue weighted by molar-refractivity contribution is 0.533. The van der Waals surface area contributed by atoms with Crippen LogP contribution in [0.1, 0.15) is 29.5 Å². The van der Waals surface area contributed by atoms with E-state index in [1.165, 1.54) is 22.4 Å². The van der Waals surface area contributed by atoms with Gasteiger partial charge in [0.1, 0.15) is 0 Å². The molecule has 0 aromatic heterocycles. The van der Waals surface area contributed by atoms with E-state index < -0.39 is 0 Å². The number of fused-ring (bicyclic) bond motifs is 1. The van der Waals surface area contributed by atoms with E-state index in [4.69, 9.17) is 0 Å². The van der Waals surface area contributed by atoms with Gasteiger partial charge in [0, 0.05) is 37.8 Å². The van der Waals surface area contributed by atoms with Gasteiger partial charge in [-0.1, -0.05) is 42.0 Å². The summed E-state index contributed by atoms with van der Waals surface area (Å²) in [6.07, 6.45) is 0. The third kappa shape index (κ3) is 3.11. The summed E-state index contributed by atoms with van der Waals surface area (Å²) in [5, 5.41) is 3.55. The summed E-state index contributed by atoms with van der Waals surface area (Å²) >= 11 is 0. The van der Waals surface area contributed by atoms with Crippen LogP contribution in [0.4, 0.5) is 5.69 Å². The van der Waals surface area contributed by atoms with E-state index in [0.717, 1.165) is 26.2 Å². The summed E-state index contributed by atoms with van der Waals surface area (Å²) in [7, 11) is 0. The zero-order valence-electron chi connectivity index (χ0n) is 13.0. The van der Waals surface area contributed by atoms with Gasteiger partial charge in [-0.15, -0.1) is 0 Å². The van der Waals surface area contributed by atoms with E-state index in [9.17, 15) is 0 Å². The van der Waals surface area contributed by atoms with E-state index in [2.05, 4.69) is 72.6 Å². The lowest BCUT2D eigenvalue weighted by Gasteiger charge is -2.32. The van der Waals surface area contributed by atoms with Crippen molar-refractivity contribution in [3.8, 4) is 0 Å². The van der Waals surface area contributed by atoms with Crippen LogP contribution < -0.4 is 10.2 Å². The molecule has 1 aliphatic rings. The highest BCUT2D eigenvalue weighted by atomic mass is 15.1. The monoisotopic (exact) mass is 280 g/mol. The second kappa shape index (κ2) is 6.31. The molecule has 1 N–H and O–H groups in total. The second-order valence-electron chi connectivity index (χ2n) is 5.90. The van der Waals surface area contributed by atoms with Crippen LogP contribution in [-0.4, -0.2) is 19.6 Å². The topological polar surface area (TPSA) is 15.3 Å². The molecule has 3 rings (SSSR count). The molecule has 1 heterocycles. The molecule has 2 aromatic rings. The maximum Gasteiger partial charge on any atom is 0.0366 e. The van der Waals surface area contributed by atoms with Gasteiger partial charge < -0.3 is 10.2 Å². The number of rotatable bonds is 4. The number of likely N-dealkylation sites (N-methyl/N-ethyl adjacent to an activating group) is 1. The highest BCUT2D eigenvalue weighted by Crippen LogP contribution is 2.26. The quantitative estimate of drug-likeness (QED) is 0.918. The maximum atomic E-state index is 3.55. The first-order valence-corrected chi connectivity index (χ1v) is 7.88. The number of benzene rings is 2. The van der Waals surface area contributed by atoms with Crippen LogP contribution in [-0.2, 0) is 6.54 Å². The van der Waals surface area contributed by atoms with Crippen molar-refractivity contribution in [2.75, 3.05) is 24.5 Å². The number of anilines is 1. The molecule has 1 unspecified atom stereocenters. The predicted molar refractivity (Wildman–Crippen MR) is 90.0 cm³/mol. The van der Waals surface area contributed by atoms with Crippen molar-refractivity contribution in [2.24, 2.45) is 0 Å². The van der Waals surface area contributed by atoms with Crippen LogP contribution in [0.3, 0.4) is 0 Å². The van der Waals surface area contributed by atoms with Gasteiger partial charge in [0.15, 0.2) is 0 Å².